The average molecular weight is 869 g/mol. The summed E-state index contributed by atoms with van der Waals surface area (Å²) >= 11 is 0. The fourth-order valence-electron chi connectivity index (χ4n) is 6.19. The number of allylic oxidation sites excluding steroid dienone is 8. The van der Waals surface area contributed by atoms with Gasteiger partial charge in [0.2, 0.25) is 0 Å². The predicted octanol–water partition coefficient (Wildman–Crippen LogP) is 12.7. The summed E-state index contributed by atoms with van der Waals surface area (Å²) in [6.45, 7) is 4.39. The van der Waals surface area contributed by atoms with Crippen LogP contribution in [0.15, 0.2) is 48.6 Å². The van der Waals surface area contributed by atoms with Crippen molar-refractivity contribution >= 4 is 25.7 Å². The zero-order chi connectivity index (χ0) is 44.2. The normalized spacial score (nSPS) is 14.0. The average Bonchev–Trinajstić information content (AvgIpc) is 3.23. The number of phosphoric ester groups is 1. The molecule has 0 radical (unpaired) electrons. The SMILES string of the molecule is CC/C=C\C/C=C\C/C=C\C/C=C\CCC(=O)OC(COC(=O)CCCCCCCCCCC)COP(=O)(O)OCC(CO)OC(=O)CCCCCCCCCCCCC. The van der Waals surface area contributed by atoms with Crippen LogP contribution in [-0.4, -0.2) is 66.5 Å². The summed E-state index contributed by atoms with van der Waals surface area (Å²) in [5.41, 5.74) is 0. The molecule has 0 aromatic heterocycles. The van der Waals surface area contributed by atoms with E-state index in [1.807, 2.05) is 12.2 Å². The van der Waals surface area contributed by atoms with E-state index in [0.717, 1.165) is 64.2 Å². The first-order valence-electron chi connectivity index (χ1n) is 23.5. The minimum atomic E-state index is -4.74. The van der Waals surface area contributed by atoms with Crippen molar-refractivity contribution in [1.29, 1.82) is 0 Å². The highest BCUT2D eigenvalue weighted by Crippen LogP contribution is 2.43. The summed E-state index contributed by atoms with van der Waals surface area (Å²) in [6.07, 6.45) is 41.2. The van der Waals surface area contributed by atoms with Crippen LogP contribution in [0.25, 0.3) is 0 Å². The van der Waals surface area contributed by atoms with Gasteiger partial charge in [-0.2, -0.15) is 0 Å². The number of phosphoric acid groups is 1. The Morgan fingerprint density at radius 2 is 0.867 bits per heavy atom. The molecule has 0 amide bonds. The number of aliphatic hydroxyl groups excluding tert-OH is 1. The highest BCUT2D eigenvalue weighted by molar-refractivity contribution is 7.47. The molecule has 0 bridgehead atoms. The first-order valence-corrected chi connectivity index (χ1v) is 25.0. The second-order valence-electron chi connectivity index (χ2n) is 15.6. The zero-order valence-electron chi connectivity index (χ0n) is 37.9. The smallest absolute Gasteiger partial charge is 0.462 e. The summed E-state index contributed by atoms with van der Waals surface area (Å²) in [6, 6.07) is 0. The maximum Gasteiger partial charge on any atom is 0.472 e. The summed E-state index contributed by atoms with van der Waals surface area (Å²) < 4.78 is 39.0. The minimum absolute atomic E-state index is 0.0488. The van der Waals surface area contributed by atoms with Crippen molar-refractivity contribution in [2.24, 2.45) is 0 Å². The van der Waals surface area contributed by atoms with E-state index in [-0.39, 0.29) is 25.9 Å². The van der Waals surface area contributed by atoms with Crippen LogP contribution in [0.3, 0.4) is 0 Å². The molecule has 12 heteroatoms. The standard InChI is InChI=1S/C48H85O11P/c1-4-7-10-13-16-19-21-22-24-27-30-33-36-39-48(52)59-45(41-55-46(50)37-34-31-28-25-18-15-12-9-6-3)43-57-60(53,54)56-42-44(40-49)58-47(51)38-35-32-29-26-23-20-17-14-11-8-5-2/h7,10,16,19,22,24,30,33,44-45,49H,4-6,8-9,11-15,17-18,20-21,23,25-29,31-32,34-43H2,1-3H3,(H,53,54)/b10-7-,19-16-,24-22-,33-30-. The highest BCUT2D eigenvalue weighted by atomic mass is 31.2. The number of aliphatic hydroxyl groups is 1. The van der Waals surface area contributed by atoms with Gasteiger partial charge in [0.25, 0.3) is 0 Å². The Balaban J connectivity index is 4.82. The number of rotatable bonds is 43. The molecule has 0 aromatic carbocycles. The van der Waals surface area contributed by atoms with Crippen LogP contribution in [-0.2, 0) is 42.2 Å². The summed E-state index contributed by atoms with van der Waals surface area (Å²) in [5, 5.41) is 9.72. The lowest BCUT2D eigenvalue weighted by molar-refractivity contribution is -0.161. The lowest BCUT2D eigenvalue weighted by atomic mass is 10.1. The van der Waals surface area contributed by atoms with Gasteiger partial charge in [-0.25, -0.2) is 4.57 Å². The number of hydrogen-bond donors (Lipinski definition) is 2. The number of esters is 3. The molecule has 0 aliphatic heterocycles. The van der Waals surface area contributed by atoms with Crippen LogP contribution in [0.2, 0.25) is 0 Å². The molecule has 2 N–H and O–H groups in total. The van der Waals surface area contributed by atoms with Crippen molar-refractivity contribution in [2.45, 2.75) is 213 Å². The van der Waals surface area contributed by atoms with Crippen molar-refractivity contribution in [3.05, 3.63) is 48.6 Å². The number of ether oxygens (including phenoxy) is 3. The van der Waals surface area contributed by atoms with Crippen LogP contribution in [0.4, 0.5) is 0 Å². The van der Waals surface area contributed by atoms with Gasteiger partial charge in [0, 0.05) is 19.3 Å². The second-order valence-corrected chi connectivity index (χ2v) is 17.0. The predicted molar refractivity (Wildman–Crippen MR) is 242 cm³/mol. The van der Waals surface area contributed by atoms with Gasteiger partial charge in [0.15, 0.2) is 6.10 Å². The Bertz CT molecular complexity index is 1200. The van der Waals surface area contributed by atoms with Crippen LogP contribution in [0.5, 0.6) is 0 Å². The fraction of sp³-hybridized carbons (Fsp3) is 0.771. The third-order valence-electron chi connectivity index (χ3n) is 9.78. The van der Waals surface area contributed by atoms with E-state index >= 15 is 0 Å². The Morgan fingerprint density at radius 1 is 0.483 bits per heavy atom. The quantitative estimate of drug-likeness (QED) is 0.0198. The number of carbonyl (C=O) groups is 3. The van der Waals surface area contributed by atoms with Crippen molar-refractivity contribution in [3.63, 3.8) is 0 Å². The van der Waals surface area contributed by atoms with Gasteiger partial charge in [-0.1, -0.05) is 185 Å². The van der Waals surface area contributed by atoms with Gasteiger partial charge in [-0.15, -0.1) is 0 Å². The van der Waals surface area contributed by atoms with Crippen LogP contribution < -0.4 is 0 Å². The van der Waals surface area contributed by atoms with Crippen LogP contribution in [0, 0.1) is 0 Å². The van der Waals surface area contributed by atoms with Crippen molar-refractivity contribution in [3.8, 4) is 0 Å². The molecular formula is C48H85O11P. The zero-order valence-corrected chi connectivity index (χ0v) is 38.8. The van der Waals surface area contributed by atoms with Crippen LogP contribution in [0.1, 0.15) is 201 Å². The van der Waals surface area contributed by atoms with E-state index in [4.69, 9.17) is 23.3 Å². The third-order valence-corrected chi connectivity index (χ3v) is 10.7. The van der Waals surface area contributed by atoms with Gasteiger partial charge < -0.3 is 24.2 Å². The number of unbranched alkanes of at least 4 members (excludes halogenated alkanes) is 18. The second kappa shape index (κ2) is 43.1. The largest absolute Gasteiger partial charge is 0.472 e. The summed E-state index contributed by atoms with van der Waals surface area (Å²) in [4.78, 5) is 47.9. The van der Waals surface area contributed by atoms with Gasteiger partial charge in [0.1, 0.15) is 12.7 Å². The molecular weight excluding hydrogens is 783 g/mol. The first kappa shape index (κ1) is 57.4. The van der Waals surface area contributed by atoms with E-state index in [9.17, 15) is 28.9 Å². The first-order chi connectivity index (χ1) is 29.2. The molecule has 0 rings (SSSR count). The Morgan fingerprint density at radius 3 is 1.33 bits per heavy atom. The minimum Gasteiger partial charge on any atom is -0.462 e. The molecule has 3 atom stereocenters. The van der Waals surface area contributed by atoms with E-state index in [1.54, 1.807) is 0 Å². The molecule has 3 unspecified atom stereocenters. The molecule has 0 saturated heterocycles. The molecule has 0 aromatic rings. The van der Waals surface area contributed by atoms with E-state index in [0.29, 0.717) is 19.3 Å². The van der Waals surface area contributed by atoms with E-state index in [1.165, 1.54) is 77.0 Å². The molecule has 60 heavy (non-hydrogen) atoms. The van der Waals surface area contributed by atoms with Crippen molar-refractivity contribution < 1.29 is 52.2 Å². The summed E-state index contributed by atoms with van der Waals surface area (Å²) in [5.74, 6) is -1.56. The molecule has 0 saturated carbocycles. The molecule has 348 valence electrons. The lowest BCUT2D eigenvalue weighted by Gasteiger charge is -2.21. The lowest BCUT2D eigenvalue weighted by Crippen LogP contribution is -2.30. The summed E-state index contributed by atoms with van der Waals surface area (Å²) in [7, 11) is -4.74. The molecule has 0 spiro atoms. The van der Waals surface area contributed by atoms with Gasteiger partial charge >= 0.3 is 25.7 Å². The maximum atomic E-state index is 12.8. The van der Waals surface area contributed by atoms with Gasteiger partial charge in [0.05, 0.1) is 19.8 Å². The molecule has 0 fully saturated rings. The van der Waals surface area contributed by atoms with Gasteiger partial charge in [-0.05, 0) is 44.9 Å². The third kappa shape index (κ3) is 40.8. The van der Waals surface area contributed by atoms with E-state index in [2.05, 4.69) is 57.2 Å². The Kier molecular flexibility index (Phi) is 41.3. The fourth-order valence-corrected chi connectivity index (χ4v) is 6.98. The molecule has 11 nitrogen and oxygen atoms in total. The van der Waals surface area contributed by atoms with E-state index < -0.39 is 57.8 Å². The van der Waals surface area contributed by atoms with Crippen molar-refractivity contribution in [2.75, 3.05) is 26.4 Å². The van der Waals surface area contributed by atoms with Crippen LogP contribution >= 0.6 is 7.82 Å². The highest BCUT2D eigenvalue weighted by Gasteiger charge is 2.28. The topological polar surface area (TPSA) is 155 Å². The Labute approximate surface area is 364 Å². The molecule has 0 heterocycles. The van der Waals surface area contributed by atoms with Gasteiger partial charge in [-0.3, -0.25) is 23.4 Å². The molecule has 0 aliphatic carbocycles. The molecule has 0 aliphatic rings. The number of carbonyl (C=O) groups excluding carboxylic acids is 3. The Hall–Kier alpha value is -2.56. The van der Waals surface area contributed by atoms with Crippen molar-refractivity contribution in [1.82, 2.24) is 0 Å². The number of hydrogen-bond acceptors (Lipinski definition) is 10. The maximum absolute atomic E-state index is 12.8. The monoisotopic (exact) mass is 869 g/mol.